The molecule has 1 aliphatic rings. The van der Waals surface area contributed by atoms with Crippen molar-refractivity contribution in [3.8, 4) is 0 Å². The fourth-order valence-electron chi connectivity index (χ4n) is 2.67. The van der Waals surface area contributed by atoms with Crippen molar-refractivity contribution >= 4 is 27.7 Å². The molecule has 3 nitrogen and oxygen atoms in total. The van der Waals surface area contributed by atoms with Crippen LogP contribution in [0.5, 0.6) is 0 Å². The van der Waals surface area contributed by atoms with Gasteiger partial charge in [-0.25, -0.2) is 0 Å². The van der Waals surface area contributed by atoms with E-state index in [9.17, 15) is 9.59 Å². The molecule has 2 unspecified atom stereocenters. The largest absolute Gasteiger partial charge is 0.296 e. The first-order chi connectivity index (χ1) is 8.97. The lowest BCUT2D eigenvalue weighted by Crippen LogP contribution is -2.45. The highest BCUT2D eigenvalue weighted by molar-refractivity contribution is 9.10. The summed E-state index contributed by atoms with van der Waals surface area (Å²) in [5.41, 5.74) is 1.06. The molecule has 0 aromatic heterocycles. The summed E-state index contributed by atoms with van der Waals surface area (Å²) in [6.45, 7) is 4.20. The summed E-state index contributed by atoms with van der Waals surface area (Å²) in [5, 5.41) is 2.46. The van der Waals surface area contributed by atoms with Crippen molar-refractivity contribution in [3.05, 3.63) is 34.3 Å². The number of carbonyl (C=O) groups is 2. The number of hydrogen-bond donors (Lipinski definition) is 1. The second kappa shape index (κ2) is 5.87. The SMILES string of the molecule is CC(C)CC1C(=O)NC(=O)CC1c1cccc(Br)c1. The molecule has 1 aromatic carbocycles. The van der Waals surface area contributed by atoms with Gasteiger partial charge in [-0.3, -0.25) is 14.9 Å². The predicted octanol–water partition coefficient (Wildman–Crippen LogP) is 3.24. The fraction of sp³-hybridized carbons (Fsp3) is 0.467. The van der Waals surface area contributed by atoms with E-state index in [1.807, 2.05) is 24.3 Å². The number of hydrogen-bond acceptors (Lipinski definition) is 2. The summed E-state index contributed by atoms with van der Waals surface area (Å²) in [6, 6.07) is 7.90. The van der Waals surface area contributed by atoms with Crippen LogP contribution in [0.3, 0.4) is 0 Å². The van der Waals surface area contributed by atoms with E-state index in [1.165, 1.54) is 0 Å². The van der Waals surface area contributed by atoms with E-state index in [0.717, 1.165) is 16.5 Å². The summed E-state index contributed by atoms with van der Waals surface area (Å²) < 4.78 is 0.978. The van der Waals surface area contributed by atoms with Gasteiger partial charge in [0.2, 0.25) is 11.8 Å². The molecule has 0 aliphatic carbocycles. The molecule has 0 bridgehead atoms. The summed E-state index contributed by atoms with van der Waals surface area (Å²) in [6.07, 6.45) is 1.19. The maximum Gasteiger partial charge on any atom is 0.230 e. The van der Waals surface area contributed by atoms with Crippen LogP contribution in [0.25, 0.3) is 0 Å². The third-order valence-electron chi connectivity index (χ3n) is 3.49. The smallest absolute Gasteiger partial charge is 0.230 e. The van der Waals surface area contributed by atoms with Gasteiger partial charge in [0.25, 0.3) is 0 Å². The second-order valence-electron chi connectivity index (χ2n) is 5.51. The van der Waals surface area contributed by atoms with E-state index in [-0.39, 0.29) is 23.7 Å². The van der Waals surface area contributed by atoms with Crippen molar-refractivity contribution in [2.75, 3.05) is 0 Å². The van der Waals surface area contributed by atoms with Crippen LogP contribution >= 0.6 is 15.9 Å². The van der Waals surface area contributed by atoms with Gasteiger partial charge in [-0.05, 0) is 30.0 Å². The molecule has 4 heteroatoms. The molecule has 0 saturated carbocycles. The van der Waals surface area contributed by atoms with Crippen molar-refractivity contribution in [2.45, 2.75) is 32.6 Å². The Hall–Kier alpha value is -1.16. The average Bonchev–Trinajstić information content (AvgIpc) is 2.32. The molecule has 19 heavy (non-hydrogen) atoms. The molecule has 2 amide bonds. The maximum absolute atomic E-state index is 12.1. The van der Waals surface area contributed by atoms with Gasteiger partial charge in [-0.15, -0.1) is 0 Å². The lowest BCUT2D eigenvalue weighted by molar-refractivity contribution is -0.137. The van der Waals surface area contributed by atoms with Gasteiger partial charge in [-0.1, -0.05) is 41.9 Å². The molecule has 1 aliphatic heterocycles. The minimum atomic E-state index is -0.171. The number of amides is 2. The molecule has 102 valence electrons. The fourth-order valence-corrected chi connectivity index (χ4v) is 3.09. The van der Waals surface area contributed by atoms with Crippen LogP contribution in [0, 0.1) is 11.8 Å². The molecule has 1 fully saturated rings. The summed E-state index contributed by atoms with van der Waals surface area (Å²) in [4.78, 5) is 23.7. The van der Waals surface area contributed by atoms with Crippen LogP contribution < -0.4 is 5.32 Å². The Balaban J connectivity index is 2.32. The number of carbonyl (C=O) groups excluding carboxylic acids is 2. The topological polar surface area (TPSA) is 46.2 Å². The van der Waals surface area contributed by atoms with Gasteiger partial charge >= 0.3 is 0 Å². The number of piperidine rings is 1. The van der Waals surface area contributed by atoms with E-state index in [0.29, 0.717) is 12.3 Å². The Bertz CT molecular complexity index is 499. The molecule has 1 N–H and O–H groups in total. The second-order valence-corrected chi connectivity index (χ2v) is 6.43. The van der Waals surface area contributed by atoms with Crippen molar-refractivity contribution < 1.29 is 9.59 Å². The Morgan fingerprint density at radius 3 is 2.74 bits per heavy atom. The van der Waals surface area contributed by atoms with Crippen molar-refractivity contribution in [1.29, 1.82) is 0 Å². The molecular formula is C15H18BrNO2. The minimum absolute atomic E-state index is 0.0128. The lowest BCUT2D eigenvalue weighted by atomic mass is 9.76. The first-order valence-electron chi connectivity index (χ1n) is 6.56. The monoisotopic (exact) mass is 323 g/mol. The molecule has 0 spiro atoms. The van der Waals surface area contributed by atoms with Crippen LogP contribution in [0.2, 0.25) is 0 Å². The molecule has 2 rings (SSSR count). The Labute approximate surface area is 121 Å². The zero-order valence-corrected chi connectivity index (χ0v) is 12.7. The van der Waals surface area contributed by atoms with Crippen LogP contribution in [0.4, 0.5) is 0 Å². The molecule has 1 aromatic rings. The van der Waals surface area contributed by atoms with E-state index in [2.05, 4.69) is 35.1 Å². The predicted molar refractivity (Wildman–Crippen MR) is 77.6 cm³/mol. The normalized spacial score (nSPS) is 23.6. The van der Waals surface area contributed by atoms with E-state index in [1.54, 1.807) is 0 Å². The van der Waals surface area contributed by atoms with Gasteiger partial charge in [0.15, 0.2) is 0 Å². The molecule has 1 heterocycles. The number of benzene rings is 1. The highest BCUT2D eigenvalue weighted by atomic mass is 79.9. The van der Waals surface area contributed by atoms with E-state index in [4.69, 9.17) is 0 Å². The first kappa shape index (κ1) is 14.3. The highest BCUT2D eigenvalue weighted by Gasteiger charge is 2.36. The minimum Gasteiger partial charge on any atom is -0.296 e. The number of halogens is 1. The van der Waals surface area contributed by atoms with E-state index < -0.39 is 0 Å². The van der Waals surface area contributed by atoms with Crippen LogP contribution in [0.1, 0.15) is 38.2 Å². The summed E-state index contributed by atoms with van der Waals surface area (Å²) in [7, 11) is 0. The summed E-state index contributed by atoms with van der Waals surface area (Å²) >= 11 is 3.44. The third-order valence-corrected chi connectivity index (χ3v) is 3.99. The average molecular weight is 324 g/mol. The highest BCUT2D eigenvalue weighted by Crippen LogP contribution is 2.36. The van der Waals surface area contributed by atoms with Gasteiger partial charge < -0.3 is 0 Å². The first-order valence-corrected chi connectivity index (χ1v) is 7.36. The number of rotatable bonds is 3. The van der Waals surface area contributed by atoms with Gasteiger partial charge in [-0.2, -0.15) is 0 Å². The van der Waals surface area contributed by atoms with Crippen LogP contribution in [-0.2, 0) is 9.59 Å². The Morgan fingerprint density at radius 2 is 2.11 bits per heavy atom. The third kappa shape index (κ3) is 3.44. The van der Waals surface area contributed by atoms with E-state index >= 15 is 0 Å². The molecule has 2 atom stereocenters. The molecular weight excluding hydrogens is 306 g/mol. The zero-order valence-electron chi connectivity index (χ0n) is 11.2. The standard InChI is InChI=1S/C15H18BrNO2/c1-9(2)6-13-12(8-14(18)17-15(13)19)10-4-3-5-11(16)7-10/h3-5,7,9,12-13H,6,8H2,1-2H3,(H,17,18,19). The Kier molecular flexibility index (Phi) is 4.40. The van der Waals surface area contributed by atoms with Gasteiger partial charge in [0.1, 0.15) is 0 Å². The number of imide groups is 1. The van der Waals surface area contributed by atoms with Crippen LogP contribution in [0.15, 0.2) is 28.7 Å². The molecule has 0 radical (unpaired) electrons. The maximum atomic E-state index is 12.1. The summed E-state index contributed by atoms with van der Waals surface area (Å²) in [5.74, 6) is -0.00309. The zero-order chi connectivity index (χ0) is 14.0. The van der Waals surface area contributed by atoms with Gasteiger partial charge in [0.05, 0.1) is 0 Å². The Morgan fingerprint density at radius 1 is 1.37 bits per heavy atom. The quantitative estimate of drug-likeness (QED) is 0.868. The molecule has 1 saturated heterocycles. The van der Waals surface area contributed by atoms with Crippen molar-refractivity contribution in [1.82, 2.24) is 5.32 Å². The van der Waals surface area contributed by atoms with Crippen molar-refractivity contribution in [3.63, 3.8) is 0 Å². The van der Waals surface area contributed by atoms with Crippen molar-refractivity contribution in [2.24, 2.45) is 11.8 Å². The number of nitrogens with one attached hydrogen (secondary N) is 1. The van der Waals surface area contributed by atoms with Crippen LogP contribution in [-0.4, -0.2) is 11.8 Å². The van der Waals surface area contributed by atoms with Gasteiger partial charge in [0, 0.05) is 22.7 Å². The lowest BCUT2D eigenvalue weighted by Gasteiger charge is -2.31.